The summed E-state index contributed by atoms with van der Waals surface area (Å²) in [5.74, 6) is -0.108. The summed E-state index contributed by atoms with van der Waals surface area (Å²) in [6.07, 6.45) is 0.0403. The summed E-state index contributed by atoms with van der Waals surface area (Å²) in [5, 5.41) is 2.78. The molecule has 3 heteroatoms. The van der Waals surface area contributed by atoms with Crippen LogP contribution in [0.2, 0.25) is 0 Å². The van der Waals surface area contributed by atoms with Gasteiger partial charge in [-0.15, -0.1) is 0 Å². The van der Waals surface area contributed by atoms with Crippen molar-refractivity contribution in [3.8, 4) is 0 Å². The summed E-state index contributed by atoms with van der Waals surface area (Å²) in [6, 6.07) is 14.0. The predicted molar refractivity (Wildman–Crippen MR) is 79.3 cm³/mol. The zero-order valence-corrected chi connectivity index (χ0v) is 11.7. The predicted octanol–water partition coefficient (Wildman–Crippen LogP) is 4.13. The van der Waals surface area contributed by atoms with E-state index in [2.05, 4.69) is 19.2 Å². The lowest BCUT2D eigenvalue weighted by Crippen LogP contribution is -2.15. The Hall–Kier alpha value is -2.16. The molecule has 0 aromatic heterocycles. The number of anilines is 1. The minimum Gasteiger partial charge on any atom is -0.326 e. The van der Waals surface area contributed by atoms with Crippen LogP contribution in [0.15, 0.2) is 48.5 Å². The fourth-order valence-corrected chi connectivity index (χ4v) is 1.97. The Morgan fingerprint density at radius 3 is 2.35 bits per heavy atom. The maximum absolute atomic E-state index is 13.5. The van der Waals surface area contributed by atoms with Gasteiger partial charge in [0.25, 0.3) is 0 Å². The lowest BCUT2D eigenvalue weighted by atomic mass is 10.0. The monoisotopic (exact) mass is 271 g/mol. The molecule has 2 rings (SSSR count). The molecule has 0 aliphatic heterocycles. The summed E-state index contributed by atoms with van der Waals surface area (Å²) in [6.45, 7) is 4.23. The van der Waals surface area contributed by atoms with Gasteiger partial charge in [-0.25, -0.2) is 4.39 Å². The van der Waals surface area contributed by atoms with Crippen molar-refractivity contribution in [3.05, 3.63) is 65.5 Å². The highest BCUT2D eigenvalue weighted by Crippen LogP contribution is 2.17. The first-order valence-electron chi connectivity index (χ1n) is 6.69. The highest BCUT2D eigenvalue weighted by Gasteiger charge is 2.08. The number of carbonyl (C=O) groups excluding carboxylic acids is 1. The minimum atomic E-state index is -0.349. The quantitative estimate of drug-likeness (QED) is 0.890. The van der Waals surface area contributed by atoms with Gasteiger partial charge in [-0.3, -0.25) is 4.79 Å². The van der Waals surface area contributed by atoms with Gasteiger partial charge in [-0.05, 0) is 35.2 Å². The zero-order valence-electron chi connectivity index (χ0n) is 11.7. The Morgan fingerprint density at radius 2 is 1.75 bits per heavy atom. The van der Waals surface area contributed by atoms with Crippen molar-refractivity contribution in [2.75, 3.05) is 5.32 Å². The molecule has 1 amide bonds. The smallest absolute Gasteiger partial charge is 0.228 e. The number of carbonyl (C=O) groups is 1. The standard InChI is InChI=1S/C17H18FNO/c1-12(2)13-7-9-15(10-8-13)19-17(20)11-14-5-3-4-6-16(14)18/h3-10,12H,11H2,1-2H3,(H,19,20). The van der Waals surface area contributed by atoms with E-state index in [0.717, 1.165) is 5.69 Å². The number of amides is 1. The Bertz CT molecular complexity index is 590. The molecule has 0 aliphatic carbocycles. The lowest BCUT2D eigenvalue weighted by molar-refractivity contribution is -0.115. The second-order valence-corrected chi connectivity index (χ2v) is 5.09. The van der Waals surface area contributed by atoms with Crippen molar-refractivity contribution in [3.63, 3.8) is 0 Å². The van der Waals surface area contributed by atoms with Crippen molar-refractivity contribution in [2.45, 2.75) is 26.2 Å². The van der Waals surface area contributed by atoms with E-state index in [1.54, 1.807) is 18.2 Å². The number of halogens is 1. The van der Waals surface area contributed by atoms with Crippen LogP contribution in [0, 0.1) is 5.82 Å². The molecule has 0 fully saturated rings. The Kier molecular flexibility index (Phi) is 4.51. The van der Waals surface area contributed by atoms with E-state index in [0.29, 0.717) is 11.5 Å². The van der Waals surface area contributed by atoms with Gasteiger partial charge in [-0.1, -0.05) is 44.2 Å². The zero-order chi connectivity index (χ0) is 14.5. The van der Waals surface area contributed by atoms with Gasteiger partial charge in [0.05, 0.1) is 6.42 Å². The molecule has 0 bridgehead atoms. The van der Waals surface area contributed by atoms with E-state index in [-0.39, 0.29) is 18.1 Å². The van der Waals surface area contributed by atoms with Gasteiger partial charge >= 0.3 is 0 Å². The number of hydrogen-bond donors (Lipinski definition) is 1. The molecule has 20 heavy (non-hydrogen) atoms. The molecular formula is C17H18FNO. The fourth-order valence-electron chi connectivity index (χ4n) is 1.97. The minimum absolute atomic E-state index is 0.0403. The topological polar surface area (TPSA) is 29.1 Å². The Balaban J connectivity index is 1.99. The van der Waals surface area contributed by atoms with Gasteiger partial charge in [0.1, 0.15) is 5.82 Å². The third kappa shape index (κ3) is 3.67. The number of benzene rings is 2. The molecule has 1 N–H and O–H groups in total. The third-order valence-electron chi connectivity index (χ3n) is 3.17. The van der Waals surface area contributed by atoms with Gasteiger partial charge in [0.15, 0.2) is 0 Å². The van der Waals surface area contributed by atoms with Crippen LogP contribution in [-0.2, 0) is 11.2 Å². The van der Waals surface area contributed by atoms with E-state index in [1.165, 1.54) is 11.6 Å². The van der Waals surface area contributed by atoms with Crippen molar-refractivity contribution in [1.29, 1.82) is 0 Å². The van der Waals surface area contributed by atoms with Crippen LogP contribution in [0.5, 0.6) is 0 Å². The van der Waals surface area contributed by atoms with Crippen LogP contribution in [0.1, 0.15) is 30.9 Å². The number of hydrogen-bond acceptors (Lipinski definition) is 1. The maximum atomic E-state index is 13.5. The first kappa shape index (κ1) is 14.3. The molecule has 2 aromatic carbocycles. The molecule has 2 nitrogen and oxygen atoms in total. The van der Waals surface area contributed by atoms with Gasteiger partial charge < -0.3 is 5.32 Å². The van der Waals surface area contributed by atoms with Crippen molar-refractivity contribution >= 4 is 11.6 Å². The van der Waals surface area contributed by atoms with Gasteiger partial charge in [0.2, 0.25) is 5.91 Å². The summed E-state index contributed by atoms with van der Waals surface area (Å²) >= 11 is 0. The molecule has 0 aliphatic rings. The van der Waals surface area contributed by atoms with Crippen LogP contribution >= 0.6 is 0 Å². The Labute approximate surface area is 118 Å². The van der Waals surface area contributed by atoms with E-state index < -0.39 is 0 Å². The molecule has 0 spiro atoms. The molecular weight excluding hydrogens is 253 g/mol. The van der Waals surface area contributed by atoms with Crippen LogP contribution in [0.4, 0.5) is 10.1 Å². The fraction of sp³-hybridized carbons (Fsp3) is 0.235. The SMILES string of the molecule is CC(C)c1ccc(NC(=O)Cc2ccccc2F)cc1. The Morgan fingerprint density at radius 1 is 1.10 bits per heavy atom. The molecule has 0 unspecified atom stereocenters. The summed E-state index contributed by atoms with van der Waals surface area (Å²) in [7, 11) is 0. The van der Waals surface area contributed by atoms with E-state index in [1.807, 2.05) is 24.3 Å². The van der Waals surface area contributed by atoms with Crippen molar-refractivity contribution in [2.24, 2.45) is 0 Å². The molecule has 0 radical (unpaired) electrons. The first-order valence-corrected chi connectivity index (χ1v) is 6.69. The highest BCUT2D eigenvalue weighted by molar-refractivity contribution is 5.92. The molecule has 2 aromatic rings. The molecule has 0 heterocycles. The number of nitrogens with one attached hydrogen (secondary N) is 1. The largest absolute Gasteiger partial charge is 0.326 e. The van der Waals surface area contributed by atoms with Gasteiger partial charge in [-0.2, -0.15) is 0 Å². The summed E-state index contributed by atoms with van der Waals surface area (Å²) < 4.78 is 13.5. The normalized spacial score (nSPS) is 10.6. The maximum Gasteiger partial charge on any atom is 0.228 e. The molecule has 0 saturated carbocycles. The summed E-state index contributed by atoms with van der Waals surface area (Å²) in [4.78, 5) is 11.9. The molecule has 0 atom stereocenters. The third-order valence-corrected chi connectivity index (χ3v) is 3.17. The average Bonchev–Trinajstić information content (AvgIpc) is 2.42. The second kappa shape index (κ2) is 6.33. The second-order valence-electron chi connectivity index (χ2n) is 5.09. The molecule has 104 valence electrons. The first-order chi connectivity index (χ1) is 9.56. The highest BCUT2D eigenvalue weighted by atomic mass is 19.1. The van der Waals surface area contributed by atoms with E-state index >= 15 is 0 Å². The van der Waals surface area contributed by atoms with Crippen LogP contribution < -0.4 is 5.32 Å². The van der Waals surface area contributed by atoms with Crippen molar-refractivity contribution in [1.82, 2.24) is 0 Å². The molecule has 0 saturated heterocycles. The van der Waals surface area contributed by atoms with Crippen LogP contribution in [0.25, 0.3) is 0 Å². The number of rotatable bonds is 4. The van der Waals surface area contributed by atoms with Gasteiger partial charge in [0, 0.05) is 5.69 Å². The van der Waals surface area contributed by atoms with E-state index in [4.69, 9.17) is 0 Å². The average molecular weight is 271 g/mol. The van der Waals surface area contributed by atoms with Crippen molar-refractivity contribution < 1.29 is 9.18 Å². The van der Waals surface area contributed by atoms with E-state index in [9.17, 15) is 9.18 Å². The summed E-state index contributed by atoms with van der Waals surface area (Å²) in [5.41, 5.74) is 2.36. The van der Waals surface area contributed by atoms with Crippen LogP contribution in [0.3, 0.4) is 0 Å². The van der Waals surface area contributed by atoms with Crippen LogP contribution in [-0.4, -0.2) is 5.91 Å². The lowest BCUT2D eigenvalue weighted by Gasteiger charge is -2.08.